The van der Waals surface area contributed by atoms with Gasteiger partial charge in [-0.1, -0.05) is 24.3 Å². The van der Waals surface area contributed by atoms with Crippen molar-refractivity contribution in [3.8, 4) is 22.6 Å². The predicted molar refractivity (Wildman–Crippen MR) is 144 cm³/mol. The number of para-hydroxylation sites is 1. The van der Waals surface area contributed by atoms with E-state index in [1.807, 2.05) is 24.3 Å². The highest BCUT2D eigenvalue weighted by atomic mass is 19.1. The van der Waals surface area contributed by atoms with Gasteiger partial charge in [0.05, 0.1) is 5.39 Å². The van der Waals surface area contributed by atoms with E-state index in [1.54, 1.807) is 18.2 Å². The van der Waals surface area contributed by atoms with Crippen molar-refractivity contribution in [2.24, 2.45) is 0 Å². The van der Waals surface area contributed by atoms with E-state index in [4.69, 9.17) is 10.5 Å². The molecule has 192 valence electrons. The van der Waals surface area contributed by atoms with Crippen LogP contribution in [0.5, 0.6) is 11.5 Å². The number of nitrogen functional groups attached to an aromatic ring is 1. The molecule has 2 aromatic heterocycles. The van der Waals surface area contributed by atoms with Gasteiger partial charge in [-0.15, -0.1) is 0 Å². The maximum atomic E-state index is 15.1. The Labute approximate surface area is 216 Å². The van der Waals surface area contributed by atoms with Crippen LogP contribution in [0.2, 0.25) is 0 Å². The normalized spacial score (nSPS) is 21.4. The Balaban J connectivity index is 1.26. The quantitative estimate of drug-likeness (QED) is 0.399. The number of hydrogen-bond acceptors (Lipinski definition) is 6. The lowest BCUT2D eigenvalue weighted by atomic mass is 9.89. The summed E-state index contributed by atoms with van der Waals surface area (Å²) in [7, 11) is 2.20. The maximum absolute atomic E-state index is 15.1. The van der Waals surface area contributed by atoms with Gasteiger partial charge >= 0.3 is 0 Å². The van der Waals surface area contributed by atoms with E-state index < -0.39 is 5.82 Å². The first kappa shape index (κ1) is 23.9. The number of piperazine rings is 1. The first-order chi connectivity index (χ1) is 18.1. The fourth-order valence-corrected chi connectivity index (χ4v) is 5.86. The number of aromatic nitrogens is 3. The molecule has 0 unspecified atom stereocenters. The number of rotatable bonds is 5. The van der Waals surface area contributed by atoms with E-state index in [1.165, 1.54) is 25.2 Å². The number of anilines is 1. The molecule has 0 bridgehead atoms. The molecule has 2 fully saturated rings. The van der Waals surface area contributed by atoms with E-state index in [0.717, 1.165) is 61.2 Å². The van der Waals surface area contributed by atoms with Gasteiger partial charge in [0.2, 0.25) is 0 Å². The molecule has 2 aromatic carbocycles. The van der Waals surface area contributed by atoms with Gasteiger partial charge in [-0.25, -0.2) is 14.4 Å². The number of halogens is 1. The number of nitrogens with zero attached hydrogens (tertiary/aromatic N) is 5. The molecule has 0 spiro atoms. The minimum absolute atomic E-state index is 0.185. The van der Waals surface area contributed by atoms with Gasteiger partial charge in [-0.3, -0.25) is 4.90 Å². The average Bonchev–Trinajstić information content (AvgIpc) is 3.32. The molecule has 37 heavy (non-hydrogen) atoms. The third kappa shape index (κ3) is 4.79. The van der Waals surface area contributed by atoms with Crippen molar-refractivity contribution < 1.29 is 9.13 Å². The standard InChI is InChI=1S/C29H33FN6O/c1-34-13-15-35(16-14-34)21-8-10-22(11-9-21)36-18-24(27-28(31)32-19-33-29(27)36)20-7-12-26(25(30)17-20)37-23-5-3-2-4-6-23/h2-7,12,17-19,21-22H,8-11,13-16H2,1H3,(H2,31,32,33)/t21-,22-. The summed E-state index contributed by atoms with van der Waals surface area (Å²) in [6.07, 6.45) is 8.12. The Morgan fingerprint density at radius 3 is 2.38 bits per heavy atom. The summed E-state index contributed by atoms with van der Waals surface area (Å²) in [6.45, 7) is 4.60. The van der Waals surface area contributed by atoms with Gasteiger partial charge in [-0.2, -0.15) is 0 Å². The van der Waals surface area contributed by atoms with Crippen molar-refractivity contribution in [3.05, 3.63) is 66.9 Å². The van der Waals surface area contributed by atoms with Crippen molar-refractivity contribution >= 4 is 16.9 Å². The van der Waals surface area contributed by atoms with Crippen molar-refractivity contribution in [2.75, 3.05) is 39.0 Å². The summed E-state index contributed by atoms with van der Waals surface area (Å²) in [6, 6.07) is 15.3. The molecule has 1 saturated heterocycles. The molecule has 2 aliphatic rings. The second kappa shape index (κ2) is 10.1. The van der Waals surface area contributed by atoms with Gasteiger partial charge in [0, 0.05) is 50.0 Å². The molecular weight excluding hydrogens is 467 g/mol. The topological polar surface area (TPSA) is 72.4 Å². The Morgan fingerprint density at radius 1 is 0.919 bits per heavy atom. The molecule has 1 aliphatic carbocycles. The lowest BCUT2D eigenvalue weighted by Crippen LogP contribution is -2.49. The Bertz CT molecular complexity index is 1370. The van der Waals surface area contributed by atoms with E-state index in [0.29, 0.717) is 23.7 Å². The van der Waals surface area contributed by atoms with Gasteiger partial charge in [-0.05, 0) is 62.6 Å². The highest BCUT2D eigenvalue weighted by Crippen LogP contribution is 2.40. The SMILES string of the molecule is CN1CCN([C@H]2CC[C@H](n3cc(-c4ccc(Oc5ccccc5)c(F)c4)c4c(N)ncnc43)CC2)CC1. The molecule has 0 amide bonds. The summed E-state index contributed by atoms with van der Waals surface area (Å²) in [5.74, 6) is 0.765. The van der Waals surface area contributed by atoms with Crippen LogP contribution in [0.1, 0.15) is 31.7 Å². The minimum atomic E-state index is -0.426. The summed E-state index contributed by atoms with van der Waals surface area (Å²) >= 11 is 0. The number of likely N-dealkylation sites (N-methyl/N-ethyl adjacent to an activating group) is 1. The van der Waals surface area contributed by atoms with Gasteiger partial charge in [0.15, 0.2) is 11.6 Å². The van der Waals surface area contributed by atoms with Crippen molar-refractivity contribution in [1.29, 1.82) is 0 Å². The van der Waals surface area contributed by atoms with Crippen molar-refractivity contribution in [3.63, 3.8) is 0 Å². The molecule has 3 heterocycles. The zero-order chi connectivity index (χ0) is 25.4. The molecule has 0 atom stereocenters. The van der Waals surface area contributed by atoms with Crippen LogP contribution < -0.4 is 10.5 Å². The summed E-state index contributed by atoms with van der Waals surface area (Å²) in [4.78, 5) is 13.9. The lowest BCUT2D eigenvalue weighted by Gasteiger charge is -2.41. The molecule has 1 aliphatic heterocycles. The number of fused-ring (bicyclic) bond motifs is 1. The van der Waals surface area contributed by atoms with Crippen LogP contribution in [-0.2, 0) is 0 Å². The van der Waals surface area contributed by atoms with Crippen molar-refractivity contribution in [2.45, 2.75) is 37.8 Å². The van der Waals surface area contributed by atoms with Crippen LogP contribution in [-0.4, -0.2) is 63.6 Å². The summed E-state index contributed by atoms with van der Waals surface area (Å²) in [5.41, 5.74) is 8.74. The van der Waals surface area contributed by atoms with Crippen LogP contribution >= 0.6 is 0 Å². The Kier molecular flexibility index (Phi) is 6.52. The summed E-state index contributed by atoms with van der Waals surface area (Å²) in [5, 5.41) is 0.778. The van der Waals surface area contributed by atoms with Crippen LogP contribution in [0.15, 0.2) is 61.1 Å². The lowest BCUT2D eigenvalue weighted by molar-refractivity contribution is 0.0828. The molecule has 6 rings (SSSR count). The number of benzene rings is 2. The first-order valence-electron chi connectivity index (χ1n) is 13.1. The zero-order valence-corrected chi connectivity index (χ0v) is 21.2. The van der Waals surface area contributed by atoms with Crippen LogP contribution in [0.25, 0.3) is 22.2 Å². The third-order valence-electron chi connectivity index (χ3n) is 7.97. The van der Waals surface area contributed by atoms with Gasteiger partial charge in [0.1, 0.15) is 23.5 Å². The number of hydrogen-bond donors (Lipinski definition) is 1. The highest BCUT2D eigenvalue weighted by molar-refractivity contribution is 6.00. The molecule has 2 N–H and O–H groups in total. The van der Waals surface area contributed by atoms with E-state index in [9.17, 15) is 0 Å². The fraction of sp³-hybridized carbons (Fsp3) is 0.379. The minimum Gasteiger partial charge on any atom is -0.454 e. The molecule has 7 nitrogen and oxygen atoms in total. The number of nitrogens with two attached hydrogens (primary N) is 1. The molecule has 4 aromatic rings. The average molecular weight is 501 g/mol. The molecule has 8 heteroatoms. The van der Waals surface area contributed by atoms with E-state index in [2.05, 4.69) is 37.6 Å². The second-order valence-corrected chi connectivity index (χ2v) is 10.3. The third-order valence-corrected chi connectivity index (χ3v) is 7.97. The summed E-state index contributed by atoms with van der Waals surface area (Å²) < 4.78 is 23.1. The first-order valence-corrected chi connectivity index (χ1v) is 13.1. The predicted octanol–water partition coefficient (Wildman–Crippen LogP) is 5.34. The zero-order valence-electron chi connectivity index (χ0n) is 21.2. The molecular formula is C29H33FN6O. The highest BCUT2D eigenvalue weighted by Gasteiger charge is 2.30. The van der Waals surface area contributed by atoms with E-state index in [-0.39, 0.29) is 5.75 Å². The van der Waals surface area contributed by atoms with Crippen molar-refractivity contribution in [1.82, 2.24) is 24.3 Å². The smallest absolute Gasteiger partial charge is 0.166 e. The van der Waals surface area contributed by atoms with Crippen LogP contribution in [0, 0.1) is 5.82 Å². The number of ether oxygens (including phenoxy) is 1. The second-order valence-electron chi connectivity index (χ2n) is 10.3. The van der Waals surface area contributed by atoms with Crippen LogP contribution in [0.3, 0.4) is 0 Å². The Morgan fingerprint density at radius 2 is 1.65 bits per heavy atom. The van der Waals surface area contributed by atoms with Gasteiger partial charge < -0.3 is 19.9 Å². The Hall–Kier alpha value is -3.49. The van der Waals surface area contributed by atoms with Crippen LogP contribution in [0.4, 0.5) is 10.2 Å². The molecule has 0 radical (unpaired) electrons. The molecule has 1 saturated carbocycles. The van der Waals surface area contributed by atoms with Gasteiger partial charge in [0.25, 0.3) is 0 Å². The largest absolute Gasteiger partial charge is 0.454 e. The monoisotopic (exact) mass is 500 g/mol. The maximum Gasteiger partial charge on any atom is 0.166 e. The fourth-order valence-electron chi connectivity index (χ4n) is 5.86. The van der Waals surface area contributed by atoms with E-state index >= 15 is 4.39 Å².